The number of aryl methyl sites for hydroxylation is 1. The van der Waals surface area contributed by atoms with Crippen molar-refractivity contribution in [3.8, 4) is 0 Å². The Morgan fingerprint density at radius 1 is 1.41 bits per heavy atom. The molecule has 0 fully saturated rings. The molecule has 22 heavy (non-hydrogen) atoms. The van der Waals surface area contributed by atoms with Crippen LogP contribution in [0.2, 0.25) is 0 Å². The summed E-state index contributed by atoms with van der Waals surface area (Å²) in [5, 5.41) is 14.0. The number of amides is 1. The number of nitrogens with one attached hydrogen (secondary N) is 1. The SMILES string of the molecule is CCCc1ncc(C(=O)NCC(C)(O)c2ccc(F)cc2)s1. The van der Waals surface area contributed by atoms with Crippen LogP contribution in [0, 0.1) is 5.82 Å². The highest BCUT2D eigenvalue weighted by Crippen LogP contribution is 2.20. The van der Waals surface area contributed by atoms with Crippen molar-refractivity contribution in [2.45, 2.75) is 32.3 Å². The third-order valence-corrected chi connectivity index (χ3v) is 4.36. The molecular formula is C16H19FN2O2S. The van der Waals surface area contributed by atoms with Crippen molar-refractivity contribution in [2.75, 3.05) is 6.54 Å². The van der Waals surface area contributed by atoms with Crippen LogP contribution in [0.1, 0.15) is 40.5 Å². The van der Waals surface area contributed by atoms with Gasteiger partial charge in [0.25, 0.3) is 5.91 Å². The molecule has 0 aliphatic carbocycles. The van der Waals surface area contributed by atoms with E-state index < -0.39 is 5.60 Å². The average Bonchev–Trinajstić information content (AvgIpc) is 2.94. The summed E-state index contributed by atoms with van der Waals surface area (Å²) in [5.41, 5.74) is -0.717. The lowest BCUT2D eigenvalue weighted by Crippen LogP contribution is -2.38. The lowest BCUT2D eigenvalue weighted by molar-refractivity contribution is 0.0527. The monoisotopic (exact) mass is 322 g/mol. The first-order chi connectivity index (χ1) is 10.4. The summed E-state index contributed by atoms with van der Waals surface area (Å²) in [4.78, 5) is 16.8. The molecule has 0 spiro atoms. The van der Waals surface area contributed by atoms with E-state index in [1.54, 1.807) is 13.1 Å². The Morgan fingerprint density at radius 3 is 2.73 bits per heavy atom. The maximum Gasteiger partial charge on any atom is 0.263 e. The van der Waals surface area contributed by atoms with Gasteiger partial charge in [0, 0.05) is 0 Å². The third kappa shape index (κ3) is 4.11. The fourth-order valence-corrected chi connectivity index (χ4v) is 2.93. The highest BCUT2D eigenvalue weighted by molar-refractivity contribution is 7.13. The molecule has 118 valence electrons. The minimum absolute atomic E-state index is 0.0402. The number of aromatic nitrogens is 1. The molecule has 1 unspecified atom stereocenters. The molecule has 2 N–H and O–H groups in total. The van der Waals surface area contributed by atoms with Gasteiger partial charge in [0.1, 0.15) is 16.3 Å². The normalized spacial score (nSPS) is 13.6. The summed E-state index contributed by atoms with van der Waals surface area (Å²) in [5.74, 6) is -0.626. The largest absolute Gasteiger partial charge is 0.384 e. The molecule has 2 rings (SSSR count). The molecule has 6 heteroatoms. The lowest BCUT2D eigenvalue weighted by atomic mass is 9.96. The van der Waals surface area contributed by atoms with Gasteiger partial charge in [0.05, 0.1) is 17.7 Å². The van der Waals surface area contributed by atoms with Gasteiger partial charge in [0.15, 0.2) is 0 Å². The molecule has 1 atom stereocenters. The van der Waals surface area contributed by atoms with Crippen LogP contribution in [-0.2, 0) is 12.0 Å². The predicted octanol–water partition coefficient (Wildman–Crippen LogP) is 2.87. The Balaban J connectivity index is 1.98. The van der Waals surface area contributed by atoms with Crippen molar-refractivity contribution in [1.29, 1.82) is 0 Å². The Labute approximate surface area is 133 Å². The van der Waals surface area contributed by atoms with Crippen molar-refractivity contribution < 1.29 is 14.3 Å². The van der Waals surface area contributed by atoms with Gasteiger partial charge in [-0.15, -0.1) is 11.3 Å². The molecule has 0 radical (unpaired) electrons. The number of benzene rings is 1. The summed E-state index contributed by atoms with van der Waals surface area (Å²) in [6.07, 6.45) is 3.39. The van der Waals surface area contributed by atoms with Gasteiger partial charge in [-0.2, -0.15) is 0 Å². The van der Waals surface area contributed by atoms with Crippen molar-refractivity contribution >= 4 is 17.2 Å². The first-order valence-electron chi connectivity index (χ1n) is 7.13. The molecular weight excluding hydrogens is 303 g/mol. The molecule has 1 aromatic heterocycles. The summed E-state index contributed by atoms with van der Waals surface area (Å²) in [6, 6.07) is 5.58. The predicted molar refractivity (Wildman–Crippen MR) is 84.4 cm³/mol. The number of rotatable bonds is 6. The fourth-order valence-electron chi connectivity index (χ4n) is 2.00. The fraction of sp³-hybridized carbons (Fsp3) is 0.375. The maximum absolute atomic E-state index is 12.9. The summed E-state index contributed by atoms with van der Waals surface area (Å²) < 4.78 is 12.9. The van der Waals surface area contributed by atoms with Gasteiger partial charge in [-0.3, -0.25) is 4.79 Å². The second kappa shape index (κ2) is 6.98. The van der Waals surface area contributed by atoms with E-state index in [9.17, 15) is 14.3 Å². The standard InChI is InChI=1S/C16H19FN2O2S/c1-3-4-14-18-9-13(22-14)15(20)19-10-16(2,21)11-5-7-12(17)8-6-11/h5-9,21H,3-4,10H2,1-2H3,(H,19,20). The second-order valence-corrected chi connectivity index (χ2v) is 6.45. The molecule has 4 nitrogen and oxygen atoms in total. The van der Waals surface area contributed by atoms with Crippen molar-refractivity contribution in [3.63, 3.8) is 0 Å². The molecule has 1 amide bonds. The number of carbonyl (C=O) groups is 1. The van der Waals surface area contributed by atoms with Crippen LogP contribution in [0.5, 0.6) is 0 Å². The highest BCUT2D eigenvalue weighted by Gasteiger charge is 2.24. The second-order valence-electron chi connectivity index (χ2n) is 5.33. The van der Waals surface area contributed by atoms with E-state index in [1.807, 2.05) is 0 Å². The van der Waals surface area contributed by atoms with Gasteiger partial charge >= 0.3 is 0 Å². The van der Waals surface area contributed by atoms with Crippen LogP contribution in [0.15, 0.2) is 30.5 Å². The van der Waals surface area contributed by atoms with Gasteiger partial charge in [0.2, 0.25) is 0 Å². The quantitative estimate of drug-likeness (QED) is 0.859. The molecule has 0 aliphatic rings. The Kier molecular flexibility index (Phi) is 5.26. The zero-order valence-corrected chi connectivity index (χ0v) is 13.4. The number of thiazole rings is 1. The summed E-state index contributed by atoms with van der Waals surface area (Å²) in [6.45, 7) is 3.68. The first kappa shape index (κ1) is 16.6. The number of nitrogens with zero attached hydrogens (tertiary/aromatic N) is 1. The van der Waals surface area contributed by atoms with E-state index in [4.69, 9.17) is 0 Å². The van der Waals surface area contributed by atoms with Crippen molar-refractivity contribution in [2.24, 2.45) is 0 Å². The minimum Gasteiger partial charge on any atom is -0.384 e. The molecule has 0 bridgehead atoms. The summed E-state index contributed by atoms with van der Waals surface area (Å²) in [7, 11) is 0. The van der Waals surface area contributed by atoms with Crippen LogP contribution < -0.4 is 5.32 Å². The van der Waals surface area contributed by atoms with E-state index in [0.29, 0.717) is 10.4 Å². The number of hydrogen-bond acceptors (Lipinski definition) is 4. The third-order valence-electron chi connectivity index (χ3n) is 3.30. The molecule has 0 saturated heterocycles. The van der Waals surface area contributed by atoms with Crippen LogP contribution in [0.25, 0.3) is 0 Å². The first-order valence-corrected chi connectivity index (χ1v) is 7.95. The number of halogens is 1. The van der Waals surface area contributed by atoms with Gasteiger partial charge in [-0.05, 0) is 37.5 Å². The lowest BCUT2D eigenvalue weighted by Gasteiger charge is -2.24. The van der Waals surface area contributed by atoms with Crippen molar-refractivity contribution in [1.82, 2.24) is 10.3 Å². The maximum atomic E-state index is 12.9. The smallest absolute Gasteiger partial charge is 0.263 e. The van der Waals surface area contributed by atoms with Crippen LogP contribution in [-0.4, -0.2) is 22.5 Å². The zero-order chi connectivity index (χ0) is 16.2. The van der Waals surface area contributed by atoms with Crippen LogP contribution in [0.3, 0.4) is 0 Å². The van der Waals surface area contributed by atoms with E-state index in [2.05, 4.69) is 17.2 Å². The summed E-state index contributed by atoms with van der Waals surface area (Å²) >= 11 is 1.36. The molecule has 1 heterocycles. The van der Waals surface area contributed by atoms with E-state index in [-0.39, 0.29) is 18.3 Å². The molecule has 2 aromatic rings. The number of aliphatic hydroxyl groups is 1. The van der Waals surface area contributed by atoms with E-state index in [1.165, 1.54) is 35.6 Å². The zero-order valence-electron chi connectivity index (χ0n) is 12.6. The Hall–Kier alpha value is -1.79. The molecule has 0 saturated carbocycles. The van der Waals surface area contributed by atoms with Gasteiger partial charge in [-0.25, -0.2) is 9.37 Å². The molecule has 0 aliphatic heterocycles. The van der Waals surface area contributed by atoms with Crippen LogP contribution in [0.4, 0.5) is 4.39 Å². The van der Waals surface area contributed by atoms with Gasteiger partial charge in [-0.1, -0.05) is 19.1 Å². The van der Waals surface area contributed by atoms with E-state index >= 15 is 0 Å². The Morgan fingerprint density at radius 2 is 2.09 bits per heavy atom. The highest BCUT2D eigenvalue weighted by atomic mass is 32.1. The number of hydrogen-bond donors (Lipinski definition) is 2. The molecule has 1 aromatic carbocycles. The average molecular weight is 322 g/mol. The van der Waals surface area contributed by atoms with E-state index in [0.717, 1.165) is 17.8 Å². The van der Waals surface area contributed by atoms with Crippen molar-refractivity contribution in [3.05, 3.63) is 51.7 Å². The number of carbonyl (C=O) groups excluding carboxylic acids is 1. The topological polar surface area (TPSA) is 62.2 Å². The van der Waals surface area contributed by atoms with Gasteiger partial charge < -0.3 is 10.4 Å². The van der Waals surface area contributed by atoms with Crippen LogP contribution >= 0.6 is 11.3 Å². The minimum atomic E-state index is -1.26. The Bertz CT molecular complexity index is 638.